The molecular formula is C16H18BrNO7S. The smallest absolute Gasteiger partial charge is 0.208 e. The first-order valence-corrected chi connectivity index (χ1v) is 9.36. The summed E-state index contributed by atoms with van der Waals surface area (Å²) in [4.78, 5) is 40.6. The van der Waals surface area contributed by atoms with Crippen LogP contribution in [-0.4, -0.2) is 65.6 Å². The minimum atomic E-state index is -3.08. The van der Waals surface area contributed by atoms with Gasteiger partial charge in [-0.15, -0.1) is 11.8 Å². The topological polar surface area (TPSA) is 134 Å². The summed E-state index contributed by atoms with van der Waals surface area (Å²) in [6.07, 6.45) is 1.47. The highest BCUT2D eigenvalue weighted by molar-refractivity contribution is 9.10. The molecule has 0 amide bonds. The molecule has 0 aliphatic carbocycles. The highest BCUT2D eigenvalue weighted by Gasteiger charge is 2.75. The van der Waals surface area contributed by atoms with Crippen molar-refractivity contribution in [3.63, 3.8) is 0 Å². The van der Waals surface area contributed by atoms with Gasteiger partial charge in [-0.05, 0) is 48.8 Å². The molecular weight excluding hydrogens is 430 g/mol. The number of Topliss-reactive ketones (excluding diaryl/α,β-unsaturated/α-hetero) is 3. The average Bonchev–Trinajstić information content (AvgIpc) is 2.56. The first-order chi connectivity index (χ1) is 11.9. The maximum atomic E-state index is 12.3. The van der Waals surface area contributed by atoms with Crippen LogP contribution in [0.2, 0.25) is 0 Å². The molecule has 1 aliphatic heterocycles. The summed E-state index contributed by atoms with van der Waals surface area (Å²) < 4.78 is 5.90. The van der Waals surface area contributed by atoms with Crippen molar-refractivity contribution < 1.29 is 34.4 Å². The molecule has 0 saturated carbocycles. The van der Waals surface area contributed by atoms with Crippen LogP contribution in [0.15, 0.2) is 22.9 Å². The molecule has 1 aromatic heterocycles. The van der Waals surface area contributed by atoms with Gasteiger partial charge in [0.1, 0.15) is 4.60 Å². The molecule has 1 saturated heterocycles. The molecule has 0 unspecified atom stereocenters. The first kappa shape index (κ1) is 21.0. The van der Waals surface area contributed by atoms with Crippen molar-refractivity contribution in [3.8, 4) is 5.75 Å². The molecule has 2 heterocycles. The van der Waals surface area contributed by atoms with Gasteiger partial charge in [-0.3, -0.25) is 14.4 Å². The van der Waals surface area contributed by atoms with Gasteiger partial charge in [0.25, 0.3) is 0 Å². The molecule has 0 bridgehead atoms. The van der Waals surface area contributed by atoms with Crippen molar-refractivity contribution in [1.82, 2.24) is 4.98 Å². The number of hydrogen-bond acceptors (Lipinski definition) is 9. The Balaban J connectivity index is 2.64. The zero-order chi connectivity index (χ0) is 19.9. The molecule has 1 aliphatic rings. The highest BCUT2D eigenvalue weighted by Crippen LogP contribution is 2.49. The number of carbonyl (C=O) groups is 3. The maximum Gasteiger partial charge on any atom is 0.208 e. The number of nitrogens with zero attached hydrogens (tertiary/aromatic N) is 1. The fourth-order valence-electron chi connectivity index (χ4n) is 2.94. The number of ether oxygens (including phenoxy) is 1. The van der Waals surface area contributed by atoms with Crippen LogP contribution in [0.4, 0.5) is 0 Å². The molecule has 1 fully saturated rings. The van der Waals surface area contributed by atoms with Crippen LogP contribution in [-0.2, 0) is 14.4 Å². The van der Waals surface area contributed by atoms with Gasteiger partial charge in [-0.2, -0.15) is 0 Å². The fourth-order valence-corrected chi connectivity index (χ4v) is 4.84. The maximum absolute atomic E-state index is 12.3. The van der Waals surface area contributed by atoms with E-state index >= 15 is 0 Å². The van der Waals surface area contributed by atoms with E-state index in [9.17, 15) is 29.7 Å². The Kier molecular flexibility index (Phi) is 5.65. The minimum Gasteiger partial charge on any atom is -0.473 e. The Labute approximate surface area is 162 Å². The lowest BCUT2D eigenvalue weighted by atomic mass is 9.65. The van der Waals surface area contributed by atoms with E-state index in [1.54, 1.807) is 6.07 Å². The third kappa shape index (κ3) is 2.80. The molecule has 3 N–H and O–H groups in total. The van der Waals surface area contributed by atoms with Crippen molar-refractivity contribution in [1.29, 1.82) is 0 Å². The summed E-state index contributed by atoms with van der Waals surface area (Å²) in [6.45, 7) is 2.79. The fraction of sp³-hybridized carbons (Fsp3) is 0.500. The zero-order valence-electron chi connectivity index (χ0n) is 14.2. The van der Waals surface area contributed by atoms with Gasteiger partial charge in [0.15, 0.2) is 39.7 Å². The summed E-state index contributed by atoms with van der Waals surface area (Å²) in [5, 5.41) is 32.9. The average molecular weight is 448 g/mol. The van der Waals surface area contributed by atoms with Crippen molar-refractivity contribution in [2.24, 2.45) is 0 Å². The predicted octanol–water partition coefficient (Wildman–Crippen LogP) is 0.256. The molecule has 2 rings (SSSR count). The van der Waals surface area contributed by atoms with Crippen LogP contribution in [0.3, 0.4) is 0 Å². The van der Waals surface area contributed by atoms with E-state index in [4.69, 9.17) is 4.74 Å². The normalized spacial score (nSPS) is 34.2. The number of carbonyl (C=O) groups excluding carboxylic acids is 3. The summed E-state index contributed by atoms with van der Waals surface area (Å²) in [5.74, 6) is -3.44. The number of aliphatic hydroxyl groups is 3. The Morgan fingerprint density at radius 1 is 1.19 bits per heavy atom. The van der Waals surface area contributed by atoms with Crippen LogP contribution in [0, 0.1) is 0 Å². The Bertz CT molecular complexity index is 775. The van der Waals surface area contributed by atoms with E-state index < -0.39 is 45.3 Å². The van der Waals surface area contributed by atoms with E-state index in [2.05, 4.69) is 20.9 Å². The van der Waals surface area contributed by atoms with E-state index in [0.717, 1.165) is 32.5 Å². The van der Waals surface area contributed by atoms with E-state index in [1.165, 1.54) is 12.3 Å². The molecule has 26 heavy (non-hydrogen) atoms. The summed E-state index contributed by atoms with van der Waals surface area (Å²) in [7, 11) is 0. The highest BCUT2D eigenvalue weighted by atomic mass is 79.9. The molecule has 10 heteroatoms. The van der Waals surface area contributed by atoms with Crippen LogP contribution in [0.5, 0.6) is 5.75 Å². The number of hydrogen-bond donors (Lipinski definition) is 3. The number of thioether (sulfide) groups is 1. The molecule has 0 spiro atoms. The summed E-state index contributed by atoms with van der Waals surface area (Å²) in [5.41, 5.74) is -10.1. The molecule has 4 atom stereocenters. The largest absolute Gasteiger partial charge is 0.473 e. The summed E-state index contributed by atoms with van der Waals surface area (Å²) >= 11 is 3.89. The minimum absolute atomic E-state index is 0.142. The second-order valence-electron chi connectivity index (χ2n) is 6.06. The Hall–Kier alpha value is -1.33. The van der Waals surface area contributed by atoms with Crippen LogP contribution in [0.25, 0.3) is 0 Å². The molecule has 0 aromatic carbocycles. The lowest BCUT2D eigenvalue weighted by Gasteiger charge is -2.54. The van der Waals surface area contributed by atoms with Gasteiger partial charge >= 0.3 is 0 Å². The SMILES string of the molecule is CC(=O)[C@]1(O)[C@@](O)(C(C)=O)CS[C@H](Oc2cccnc2Br)[C@@]1(O)C(C)=O. The van der Waals surface area contributed by atoms with Crippen LogP contribution >= 0.6 is 27.7 Å². The Morgan fingerprint density at radius 2 is 1.81 bits per heavy atom. The van der Waals surface area contributed by atoms with Gasteiger partial charge in [0.2, 0.25) is 5.60 Å². The van der Waals surface area contributed by atoms with Crippen molar-refractivity contribution in [2.75, 3.05) is 5.75 Å². The number of pyridine rings is 1. The van der Waals surface area contributed by atoms with Gasteiger partial charge in [-0.25, -0.2) is 4.98 Å². The molecule has 1 aromatic rings. The molecule has 142 valence electrons. The third-order valence-corrected chi connectivity index (χ3v) is 6.44. The monoisotopic (exact) mass is 447 g/mol. The van der Waals surface area contributed by atoms with Crippen molar-refractivity contribution in [3.05, 3.63) is 22.9 Å². The number of ketones is 3. The predicted molar refractivity (Wildman–Crippen MR) is 95.7 cm³/mol. The first-order valence-electron chi connectivity index (χ1n) is 7.52. The quantitative estimate of drug-likeness (QED) is 0.542. The van der Waals surface area contributed by atoms with E-state index in [-0.39, 0.29) is 10.4 Å². The third-order valence-electron chi connectivity index (χ3n) is 4.52. The number of aromatic nitrogens is 1. The van der Waals surface area contributed by atoms with Gasteiger partial charge in [0.05, 0.1) is 0 Å². The van der Waals surface area contributed by atoms with E-state index in [1.807, 2.05) is 0 Å². The van der Waals surface area contributed by atoms with E-state index in [0.29, 0.717) is 0 Å². The zero-order valence-corrected chi connectivity index (χ0v) is 16.6. The number of halogens is 1. The van der Waals surface area contributed by atoms with Crippen LogP contribution < -0.4 is 4.74 Å². The van der Waals surface area contributed by atoms with Crippen LogP contribution in [0.1, 0.15) is 20.8 Å². The van der Waals surface area contributed by atoms with Gasteiger partial charge in [0, 0.05) is 11.9 Å². The van der Waals surface area contributed by atoms with Gasteiger partial charge < -0.3 is 20.1 Å². The number of rotatable bonds is 5. The Morgan fingerprint density at radius 3 is 2.27 bits per heavy atom. The molecule has 8 nitrogen and oxygen atoms in total. The van der Waals surface area contributed by atoms with Crippen molar-refractivity contribution in [2.45, 2.75) is 43.0 Å². The standard InChI is InChI=1S/C16H18BrNO7S/c1-8(19)14(22)7-26-13(25-11-5-4-6-18-12(11)17)15(23,9(2)20)16(14,24)10(3)21/h4-6,13,22-24H,7H2,1-3H3/t13-,14-,15-,16-/m0/s1. The summed E-state index contributed by atoms with van der Waals surface area (Å²) in [6, 6.07) is 3.04. The second kappa shape index (κ2) is 7.01. The molecule has 0 radical (unpaired) electrons. The second-order valence-corrected chi connectivity index (χ2v) is 7.86. The van der Waals surface area contributed by atoms with Gasteiger partial charge in [-0.1, -0.05) is 0 Å². The lowest BCUT2D eigenvalue weighted by molar-refractivity contribution is -0.236. The lowest BCUT2D eigenvalue weighted by Crippen LogP contribution is -2.82. The van der Waals surface area contributed by atoms with Crippen molar-refractivity contribution >= 4 is 45.0 Å².